The van der Waals surface area contributed by atoms with Crippen molar-refractivity contribution in [2.24, 2.45) is 0 Å². The molecule has 3 aliphatic rings. The fraction of sp³-hybridized carbons (Fsp3) is 1.00. The zero-order valence-corrected chi connectivity index (χ0v) is 14.8. The van der Waals surface area contributed by atoms with Crippen LogP contribution in [0.25, 0.3) is 0 Å². The second-order valence-electron chi connectivity index (χ2n) is 3.51. The average Bonchev–Trinajstić information content (AvgIpc) is 2.29. The molecule has 0 aromatic carbocycles. The molecule has 2 bridgehead atoms. The molecule has 0 spiro atoms. The molecular formula is C9H18O6Sb2. The standard InChI is InChI=1S/3C3H6O2.2Sb/c3*4-2-1-3-5;;/h3*1-3H2;;/q3*-2;2*+3. The molecule has 100 valence electrons. The molecule has 0 unspecified atom stereocenters. The molecule has 3 rings (SSSR count). The predicted octanol–water partition coefficient (Wildman–Crippen LogP) is 0.253. The first-order valence-electron chi connectivity index (χ1n) is 5.83. The molecule has 3 aliphatic heterocycles. The molecule has 8 heteroatoms. The summed E-state index contributed by atoms with van der Waals surface area (Å²) in [4.78, 5) is 0. The molecule has 3 fully saturated rings. The Morgan fingerprint density at radius 3 is 0.882 bits per heavy atom. The summed E-state index contributed by atoms with van der Waals surface area (Å²) in [5, 5.41) is 0. The van der Waals surface area contributed by atoms with Crippen LogP contribution in [0.2, 0.25) is 0 Å². The normalized spacial score (nSPS) is 27.5. The fourth-order valence-corrected chi connectivity index (χ4v) is 7.27. The molecule has 0 radical (unpaired) electrons. The number of hydrogen-bond acceptors (Lipinski definition) is 6. The second-order valence-corrected chi connectivity index (χ2v) is 10.5. The quantitative estimate of drug-likeness (QED) is 0.478. The second kappa shape index (κ2) is 9.32. The summed E-state index contributed by atoms with van der Waals surface area (Å²) in [6.07, 6.45) is 2.54. The Morgan fingerprint density at radius 1 is 0.412 bits per heavy atom. The summed E-state index contributed by atoms with van der Waals surface area (Å²) in [5.41, 5.74) is 0. The van der Waals surface area contributed by atoms with E-state index in [1.165, 1.54) is 0 Å². The van der Waals surface area contributed by atoms with E-state index in [1.54, 1.807) is 0 Å². The van der Waals surface area contributed by atoms with E-state index in [4.69, 9.17) is 18.1 Å². The van der Waals surface area contributed by atoms with Crippen LogP contribution in [-0.4, -0.2) is 82.6 Å². The minimum absolute atomic E-state index is 0.650. The molecule has 0 saturated carbocycles. The van der Waals surface area contributed by atoms with Crippen molar-refractivity contribution in [1.82, 2.24) is 0 Å². The Hall–Kier alpha value is 1.40. The summed E-state index contributed by atoms with van der Waals surface area (Å²) in [7, 11) is 0. The topological polar surface area (TPSA) is 55.4 Å². The van der Waals surface area contributed by atoms with Crippen LogP contribution in [0.3, 0.4) is 0 Å². The number of rotatable bonds is 0. The van der Waals surface area contributed by atoms with Crippen LogP contribution < -0.4 is 0 Å². The Labute approximate surface area is 119 Å². The van der Waals surface area contributed by atoms with Gasteiger partial charge in [-0.15, -0.1) is 0 Å². The monoisotopic (exact) mass is 464 g/mol. The zero-order valence-electron chi connectivity index (χ0n) is 9.71. The van der Waals surface area contributed by atoms with Crippen LogP contribution in [0.4, 0.5) is 0 Å². The summed E-state index contributed by atoms with van der Waals surface area (Å²) in [6.45, 7) is 3.90. The first-order valence-corrected chi connectivity index (χ1v) is 12.1. The minimum atomic E-state index is -2.39. The van der Waals surface area contributed by atoms with E-state index in [9.17, 15) is 0 Å². The van der Waals surface area contributed by atoms with Crippen molar-refractivity contribution in [3.8, 4) is 0 Å². The maximum absolute atomic E-state index is 5.67. The predicted molar refractivity (Wildman–Crippen MR) is 61.1 cm³/mol. The summed E-state index contributed by atoms with van der Waals surface area (Å²) in [5.74, 6) is 0. The molecule has 6 nitrogen and oxygen atoms in total. The molecule has 17 heavy (non-hydrogen) atoms. The van der Waals surface area contributed by atoms with Gasteiger partial charge in [-0.05, 0) is 0 Å². The van der Waals surface area contributed by atoms with Gasteiger partial charge in [-0.25, -0.2) is 0 Å². The van der Waals surface area contributed by atoms with Crippen LogP contribution in [0, 0.1) is 0 Å². The van der Waals surface area contributed by atoms with Gasteiger partial charge in [0.05, 0.1) is 0 Å². The molecule has 0 N–H and O–H groups in total. The third-order valence-electron chi connectivity index (χ3n) is 2.05. The van der Waals surface area contributed by atoms with Crippen LogP contribution in [-0.2, 0) is 18.1 Å². The Bertz CT molecular complexity index is 157. The fourth-order valence-electron chi connectivity index (χ4n) is 1.23. The van der Waals surface area contributed by atoms with Gasteiger partial charge in [-0.3, -0.25) is 0 Å². The van der Waals surface area contributed by atoms with Crippen molar-refractivity contribution in [2.75, 3.05) is 39.6 Å². The van der Waals surface area contributed by atoms with Gasteiger partial charge < -0.3 is 0 Å². The number of fused-ring (bicyclic) bond motifs is 12. The summed E-state index contributed by atoms with van der Waals surface area (Å²) < 4.78 is 34.0. The summed E-state index contributed by atoms with van der Waals surface area (Å²) >= 11 is -4.79. The Balaban J connectivity index is 1.90. The van der Waals surface area contributed by atoms with Crippen LogP contribution in [0.1, 0.15) is 19.3 Å². The molecular weight excluding hydrogens is 448 g/mol. The van der Waals surface area contributed by atoms with Crippen molar-refractivity contribution in [3.05, 3.63) is 0 Å². The van der Waals surface area contributed by atoms with Crippen molar-refractivity contribution in [3.63, 3.8) is 0 Å². The van der Waals surface area contributed by atoms with E-state index in [0.717, 1.165) is 19.3 Å². The zero-order chi connectivity index (χ0) is 11.8. The Morgan fingerprint density at radius 2 is 0.647 bits per heavy atom. The van der Waals surface area contributed by atoms with Gasteiger partial charge in [-0.1, -0.05) is 0 Å². The van der Waals surface area contributed by atoms with E-state index in [-0.39, 0.29) is 0 Å². The molecule has 3 saturated heterocycles. The van der Waals surface area contributed by atoms with Gasteiger partial charge in [0.2, 0.25) is 0 Å². The van der Waals surface area contributed by atoms with E-state index in [0.29, 0.717) is 39.6 Å². The van der Waals surface area contributed by atoms with Gasteiger partial charge in [-0.2, -0.15) is 0 Å². The third kappa shape index (κ3) is 6.39. The van der Waals surface area contributed by atoms with Crippen LogP contribution >= 0.6 is 0 Å². The van der Waals surface area contributed by atoms with Crippen LogP contribution in [0.15, 0.2) is 0 Å². The third-order valence-corrected chi connectivity index (χ3v) is 8.78. The SMILES string of the molecule is C1C[O][Sb]2[O]CCC[O][Sb]([O]C1)[O]CCC[O]2. The van der Waals surface area contributed by atoms with E-state index in [1.807, 2.05) is 0 Å². The van der Waals surface area contributed by atoms with E-state index in [2.05, 4.69) is 0 Å². The van der Waals surface area contributed by atoms with Gasteiger partial charge in [0.15, 0.2) is 0 Å². The maximum atomic E-state index is 5.67. The first-order chi connectivity index (χ1) is 8.45. The molecule has 0 aromatic rings. The van der Waals surface area contributed by atoms with Crippen LogP contribution in [0.5, 0.6) is 0 Å². The van der Waals surface area contributed by atoms with Crippen molar-refractivity contribution in [2.45, 2.75) is 19.3 Å². The number of hydrogen-bond donors (Lipinski definition) is 0. The molecule has 0 aliphatic carbocycles. The molecule has 0 aromatic heterocycles. The van der Waals surface area contributed by atoms with Crippen molar-refractivity contribution < 1.29 is 18.1 Å². The first kappa shape index (κ1) is 14.8. The van der Waals surface area contributed by atoms with Gasteiger partial charge in [0.25, 0.3) is 0 Å². The van der Waals surface area contributed by atoms with Gasteiger partial charge >= 0.3 is 120 Å². The molecule has 0 amide bonds. The molecule has 3 heterocycles. The van der Waals surface area contributed by atoms with E-state index < -0.39 is 42.9 Å². The van der Waals surface area contributed by atoms with Crippen molar-refractivity contribution >= 4 is 42.9 Å². The van der Waals surface area contributed by atoms with Gasteiger partial charge in [0, 0.05) is 0 Å². The molecule has 0 atom stereocenters. The van der Waals surface area contributed by atoms with Crippen molar-refractivity contribution in [1.29, 1.82) is 0 Å². The summed E-state index contributed by atoms with van der Waals surface area (Å²) in [6, 6.07) is 0. The van der Waals surface area contributed by atoms with E-state index >= 15 is 0 Å². The average molecular weight is 466 g/mol. The van der Waals surface area contributed by atoms with Gasteiger partial charge in [0.1, 0.15) is 0 Å². The Kier molecular flexibility index (Phi) is 8.12.